The van der Waals surface area contributed by atoms with Crippen LogP contribution in [0.15, 0.2) is 6.07 Å². The lowest BCUT2D eigenvalue weighted by Crippen LogP contribution is -2.16. The molecule has 0 radical (unpaired) electrons. The fourth-order valence-corrected chi connectivity index (χ4v) is 6.87. The molecule has 3 N–H and O–H groups in total. The average Bonchev–Trinajstić information content (AvgIpc) is 3.41. The first-order chi connectivity index (χ1) is 14.5. The van der Waals surface area contributed by atoms with Gasteiger partial charge in [0.25, 0.3) is 5.91 Å². The average molecular weight is 442 g/mol. The Bertz CT molecular complexity index is 1190. The number of aromatic nitrogens is 1. The predicted molar refractivity (Wildman–Crippen MR) is 121 cm³/mol. The number of nitrogens with two attached hydrogens (primary N) is 1. The molecule has 3 aromatic rings. The number of nitrogens with zero attached hydrogens (tertiary/aromatic N) is 1. The van der Waals surface area contributed by atoms with Crippen LogP contribution in [0.4, 0.5) is 10.7 Å². The highest BCUT2D eigenvalue weighted by Gasteiger charge is 2.30. The van der Waals surface area contributed by atoms with E-state index in [1.807, 2.05) is 0 Å². The monoisotopic (exact) mass is 441 g/mol. The van der Waals surface area contributed by atoms with Crippen molar-refractivity contribution in [3.63, 3.8) is 0 Å². The minimum Gasteiger partial charge on any atom is -0.465 e. The van der Waals surface area contributed by atoms with E-state index in [2.05, 4.69) is 18.3 Å². The van der Waals surface area contributed by atoms with Gasteiger partial charge in [-0.3, -0.25) is 4.79 Å². The Morgan fingerprint density at radius 2 is 2.10 bits per heavy atom. The molecule has 1 amide bonds. The number of pyridine rings is 1. The second-order valence-corrected chi connectivity index (χ2v) is 10.3. The van der Waals surface area contributed by atoms with Crippen molar-refractivity contribution >= 4 is 55.5 Å². The Balaban J connectivity index is 1.51. The number of hydrogen-bond acceptors (Lipinski definition) is 7. The minimum atomic E-state index is -0.403. The van der Waals surface area contributed by atoms with Crippen LogP contribution in [0.25, 0.3) is 10.2 Å². The molecule has 1 atom stereocenters. The minimum absolute atomic E-state index is 0.299. The number of rotatable bonds is 3. The maximum absolute atomic E-state index is 13.1. The smallest absolute Gasteiger partial charge is 0.341 e. The fourth-order valence-electron chi connectivity index (χ4n) is 4.48. The van der Waals surface area contributed by atoms with Crippen molar-refractivity contribution in [2.24, 2.45) is 5.92 Å². The van der Waals surface area contributed by atoms with Crippen LogP contribution < -0.4 is 11.1 Å². The number of fused-ring (bicyclic) bond motifs is 3. The lowest BCUT2D eigenvalue weighted by molar-refractivity contribution is 0.0601. The quantitative estimate of drug-likeness (QED) is 0.580. The van der Waals surface area contributed by atoms with E-state index in [9.17, 15) is 9.59 Å². The number of hydrogen-bond donors (Lipinski definition) is 2. The van der Waals surface area contributed by atoms with Gasteiger partial charge in [0.05, 0.1) is 18.4 Å². The third-order valence-corrected chi connectivity index (χ3v) is 8.37. The normalized spacial score (nSPS) is 17.6. The van der Waals surface area contributed by atoms with Gasteiger partial charge in [-0.15, -0.1) is 22.7 Å². The zero-order chi connectivity index (χ0) is 21.0. The molecule has 156 valence electrons. The molecule has 30 heavy (non-hydrogen) atoms. The molecule has 0 saturated heterocycles. The second kappa shape index (κ2) is 7.35. The van der Waals surface area contributed by atoms with Crippen LogP contribution in [-0.4, -0.2) is 24.0 Å². The number of methoxy groups -OCH3 is 1. The Kier molecular flexibility index (Phi) is 4.78. The van der Waals surface area contributed by atoms with Crippen LogP contribution in [0, 0.1) is 5.92 Å². The first kappa shape index (κ1) is 19.5. The summed E-state index contributed by atoms with van der Waals surface area (Å²) in [5.74, 6) is -0.135. The summed E-state index contributed by atoms with van der Waals surface area (Å²) in [5.41, 5.74) is 10.7. The molecule has 2 aliphatic rings. The molecule has 8 heteroatoms. The third kappa shape index (κ3) is 3.09. The molecule has 0 bridgehead atoms. The highest BCUT2D eigenvalue weighted by atomic mass is 32.1. The summed E-state index contributed by atoms with van der Waals surface area (Å²) in [6, 6.07) is 2.08. The number of nitrogens with one attached hydrogen (secondary N) is 1. The van der Waals surface area contributed by atoms with Crippen molar-refractivity contribution in [3.8, 4) is 0 Å². The van der Waals surface area contributed by atoms with Gasteiger partial charge in [0.2, 0.25) is 0 Å². The van der Waals surface area contributed by atoms with E-state index in [-0.39, 0.29) is 5.91 Å². The van der Waals surface area contributed by atoms with Gasteiger partial charge in [-0.05, 0) is 61.6 Å². The number of carbonyl (C=O) groups is 2. The third-order valence-electron chi connectivity index (χ3n) is 6.08. The lowest BCUT2D eigenvalue weighted by Gasteiger charge is -2.18. The molecule has 1 unspecified atom stereocenters. The zero-order valence-corrected chi connectivity index (χ0v) is 18.6. The van der Waals surface area contributed by atoms with Crippen molar-refractivity contribution in [1.82, 2.24) is 4.98 Å². The highest BCUT2D eigenvalue weighted by molar-refractivity contribution is 7.21. The van der Waals surface area contributed by atoms with E-state index >= 15 is 0 Å². The molecule has 0 aromatic carbocycles. The number of aryl methyl sites for hydroxylation is 2. The molecular formula is C22H23N3O3S2. The summed E-state index contributed by atoms with van der Waals surface area (Å²) in [7, 11) is 1.37. The molecule has 6 nitrogen and oxygen atoms in total. The highest BCUT2D eigenvalue weighted by Crippen LogP contribution is 2.41. The molecule has 0 aliphatic heterocycles. The van der Waals surface area contributed by atoms with E-state index in [0.717, 1.165) is 64.9 Å². The summed E-state index contributed by atoms with van der Waals surface area (Å²) in [6.45, 7) is 2.21. The molecule has 3 heterocycles. The molecule has 0 fully saturated rings. The van der Waals surface area contributed by atoms with E-state index in [1.54, 1.807) is 0 Å². The van der Waals surface area contributed by atoms with Crippen LogP contribution in [-0.2, 0) is 30.4 Å². The van der Waals surface area contributed by atoms with Gasteiger partial charge < -0.3 is 15.8 Å². The maximum atomic E-state index is 13.1. The van der Waals surface area contributed by atoms with E-state index < -0.39 is 5.97 Å². The number of esters is 1. The van der Waals surface area contributed by atoms with Gasteiger partial charge in [0, 0.05) is 16.0 Å². The first-order valence-electron chi connectivity index (χ1n) is 10.2. The maximum Gasteiger partial charge on any atom is 0.341 e. The van der Waals surface area contributed by atoms with Gasteiger partial charge in [-0.25, -0.2) is 9.78 Å². The number of thiophene rings is 2. The number of ether oxygens (including phenoxy) is 1. The van der Waals surface area contributed by atoms with E-state index in [4.69, 9.17) is 15.5 Å². The van der Waals surface area contributed by atoms with Crippen molar-refractivity contribution in [1.29, 1.82) is 0 Å². The standard InChI is InChI=1S/C22H23N3O3S2/c1-10-6-7-12-15(8-10)29-21(16(12)22(27)28-2)25-19(26)18-17(23)13-9-11-4-3-5-14(11)24-20(13)30-18/h9-10H,3-8,23H2,1-2H3,(H,25,26). The van der Waals surface area contributed by atoms with Gasteiger partial charge in [-0.1, -0.05) is 6.92 Å². The SMILES string of the molecule is COC(=O)c1c(NC(=O)c2sc3nc4c(cc3c2N)CCC4)sc2c1CCC(C)C2. The Labute approximate surface area is 182 Å². The van der Waals surface area contributed by atoms with Crippen molar-refractivity contribution < 1.29 is 14.3 Å². The van der Waals surface area contributed by atoms with Crippen LogP contribution in [0.1, 0.15) is 61.5 Å². The molecule has 3 aromatic heterocycles. The second-order valence-electron chi connectivity index (χ2n) is 8.15. The largest absolute Gasteiger partial charge is 0.465 e. The summed E-state index contributed by atoms with van der Waals surface area (Å²) in [4.78, 5) is 32.8. The Morgan fingerprint density at radius 3 is 2.90 bits per heavy atom. The van der Waals surface area contributed by atoms with Crippen molar-refractivity contribution in [3.05, 3.63) is 38.2 Å². The topological polar surface area (TPSA) is 94.3 Å². The molecule has 2 aliphatic carbocycles. The summed E-state index contributed by atoms with van der Waals surface area (Å²) < 4.78 is 5.02. The van der Waals surface area contributed by atoms with Crippen LogP contribution in [0.3, 0.4) is 0 Å². The molecule has 0 spiro atoms. The van der Waals surface area contributed by atoms with Gasteiger partial charge >= 0.3 is 5.97 Å². The zero-order valence-electron chi connectivity index (χ0n) is 17.0. The Hall–Kier alpha value is -2.45. The fraction of sp³-hybridized carbons (Fsp3) is 0.409. The van der Waals surface area contributed by atoms with Gasteiger partial charge in [-0.2, -0.15) is 0 Å². The lowest BCUT2D eigenvalue weighted by atomic mass is 9.88. The molecule has 5 rings (SSSR count). The molecular weight excluding hydrogens is 418 g/mol. The molecule has 0 saturated carbocycles. The van der Waals surface area contributed by atoms with Crippen molar-refractivity contribution in [2.75, 3.05) is 18.2 Å². The van der Waals surface area contributed by atoms with Gasteiger partial charge in [0.1, 0.15) is 14.7 Å². The van der Waals surface area contributed by atoms with Crippen molar-refractivity contribution in [2.45, 2.75) is 45.4 Å². The predicted octanol–water partition coefficient (Wildman–Crippen LogP) is 4.59. The Morgan fingerprint density at radius 1 is 1.27 bits per heavy atom. The van der Waals surface area contributed by atoms with Crippen LogP contribution >= 0.6 is 22.7 Å². The number of anilines is 2. The van der Waals surface area contributed by atoms with E-state index in [1.165, 1.54) is 35.3 Å². The summed E-state index contributed by atoms with van der Waals surface area (Å²) in [5, 5.41) is 4.35. The number of carbonyl (C=O) groups excluding carboxylic acids is 2. The van der Waals surface area contributed by atoms with E-state index in [0.29, 0.717) is 27.0 Å². The summed E-state index contributed by atoms with van der Waals surface area (Å²) >= 11 is 2.79. The van der Waals surface area contributed by atoms with Crippen LogP contribution in [0.5, 0.6) is 0 Å². The van der Waals surface area contributed by atoms with Crippen LogP contribution in [0.2, 0.25) is 0 Å². The van der Waals surface area contributed by atoms with Gasteiger partial charge in [0.15, 0.2) is 0 Å². The number of amides is 1. The first-order valence-corrected chi connectivity index (χ1v) is 11.8. The summed E-state index contributed by atoms with van der Waals surface area (Å²) in [6.07, 6.45) is 5.88. The number of nitrogen functional groups attached to an aromatic ring is 1.